The maximum atomic E-state index is 13.0. The van der Waals surface area contributed by atoms with E-state index in [4.69, 9.17) is 4.74 Å². The summed E-state index contributed by atoms with van der Waals surface area (Å²) in [4.78, 5) is 32.5. The maximum Gasteiger partial charge on any atom is 0.410 e. The van der Waals surface area contributed by atoms with Crippen LogP contribution >= 0.6 is 0 Å². The van der Waals surface area contributed by atoms with E-state index in [-0.39, 0.29) is 17.7 Å². The monoisotopic (exact) mass is 381 g/mol. The molecule has 0 saturated carbocycles. The number of carbonyl (C=O) groups excluding carboxylic acids is 2. The number of aryl methyl sites for hydroxylation is 1. The molecule has 2 fully saturated rings. The lowest BCUT2D eigenvalue weighted by atomic mass is 9.92. The van der Waals surface area contributed by atoms with E-state index in [0.717, 1.165) is 24.1 Å². The Balaban J connectivity index is 1.50. The molecule has 2 aromatic rings. The van der Waals surface area contributed by atoms with Crippen molar-refractivity contribution in [2.75, 3.05) is 26.7 Å². The Morgan fingerprint density at radius 3 is 2.57 bits per heavy atom. The summed E-state index contributed by atoms with van der Waals surface area (Å²) in [5, 5.41) is 9.63. The number of amides is 2. The predicted octanol–water partition coefficient (Wildman–Crippen LogP) is 2.82. The van der Waals surface area contributed by atoms with Gasteiger partial charge in [-0.3, -0.25) is 4.79 Å². The molecule has 0 radical (unpaired) electrons. The number of ether oxygens (including phenoxy) is 1. The van der Waals surface area contributed by atoms with Crippen molar-refractivity contribution >= 4 is 12.0 Å². The van der Waals surface area contributed by atoms with Crippen molar-refractivity contribution in [1.82, 2.24) is 14.8 Å². The van der Waals surface area contributed by atoms with Crippen LogP contribution in [0.25, 0.3) is 11.3 Å². The highest BCUT2D eigenvalue weighted by molar-refractivity contribution is 5.95. The lowest BCUT2D eigenvalue weighted by Gasteiger charge is -2.38. The summed E-state index contributed by atoms with van der Waals surface area (Å²) in [6.45, 7) is 3.33. The van der Waals surface area contributed by atoms with E-state index < -0.39 is 5.60 Å². The molecule has 2 saturated heterocycles. The van der Waals surface area contributed by atoms with Gasteiger partial charge in [0.25, 0.3) is 5.91 Å². The molecule has 0 bridgehead atoms. The third-order valence-electron chi connectivity index (χ3n) is 5.45. The van der Waals surface area contributed by atoms with Crippen LogP contribution in [0.5, 0.6) is 5.75 Å². The third-order valence-corrected chi connectivity index (χ3v) is 5.45. The number of pyridine rings is 1. The van der Waals surface area contributed by atoms with E-state index in [9.17, 15) is 14.7 Å². The molecule has 1 aromatic carbocycles. The quantitative estimate of drug-likeness (QED) is 0.865. The minimum Gasteiger partial charge on any atom is -0.506 e. The predicted molar refractivity (Wildman–Crippen MR) is 103 cm³/mol. The van der Waals surface area contributed by atoms with E-state index >= 15 is 0 Å². The Morgan fingerprint density at radius 2 is 1.93 bits per heavy atom. The van der Waals surface area contributed by atoms with Gasteiger partial charge in [-0.25, -0.2) is 9.78 Å². The molecule has 4 rings (SSSR count). The average molecular weight is 381 g/mol. The van der Waals surface area contributed by atoms with Crippen LogP contribution in [0.15, 0.2) is 36.4 Å². The number of likely N-dealkylation sites (N-methyl/N-ethyl adjacent to an activating group) is 1. The van der Waals surface area contributed by atoms with Gasteiger partial charge in [0, 0.05) is 24.7 Å². The highest BCUT2D eigenvalue weighted by atomic mass is 16.6. The Kier molecular flexibility index (Phi) is 4.45. The first-order valence-electron chi connectivity index (χ1n) is 9.37. The summed E-state index contributed by atoms with van der Waals surface area (Å²) in [6.07, 6.45) is 1.26. The molecule has 1 aromatic heterocycles. The lowest BCUT2D eigenvalue weighted by molar-refractivity contribution is -0.00521. The van der Waals surface area contributed by atoms with Gasteiger partial charge in [-0.2, -0.15) is 0 Å². The smallest absolute Gasteiger partial charge is 0.410 e. The minimum atomic E-state index is -0.590. The van der Waals surface area contributed by atoms with Crippen molar-refractivity contribution in [3.8, 4) is 17.0 Å². The van der Waals surface area contributed by atoms with E-state index in [0.29, 0.717) is 30.9 Å². The van der Waals surface area contributed by atoms with Crippen molar-refractivity contribution in [1.29, 1.82) is 0 Å². The van der Waals surface area contributed by atoms with Gasteiger partial charge in [-0.1, -0.05) is 12.1 Å². The number of hydrogen-bond donors (Lipinski definition) is 1. The first kappa shape index (κ1) is 18.3. The first-order chi connectivity index (χ1) is 13.4. The maximum absolute atomic E-state index is 13.0. The van der Waals surface area contributed by atoms with Gasteiger partial charge in [0.05, 0.1) is 24.5 Å². The van der Waals surface area contributed by atoms with Crippen molar-refractivity contribution in [2.24, 2.45) is 0 Å². The highest BCUT2D eigenvalue weighted by Gasteiger charge is 2.47. The molecule has 1 unspecified atom stereocenters. The van der Waals surface area contributed by atoms with Crippen LogP contribution in [0.2, 0.25) is 0 Å². The van der Waals surface area contributed by atoms with Gasteiger partial charge in [0.2, 0.25) is 0 Å². The zero-order valence-corrected chi connectivity index (χ0v) is 16.0. The lowest BCUT2D eigenvalue weighted by Crippen LogP contribution is -2.52. The van der Waals surface area contributed by atoms with Gasteiger partial charge in [-0.05, 0) is 44.0 Å². The summed E-state index contributed by atoms with van der Waals surface area (Å²) in [5.41, 5.74) is 2.18. The van der Waals surface area contributed by atoms with Crippen molar-refractivity contribution in [3.63, 3.8) is 0 Å². The highest BCUT2D eigenvalue weighted by Crippen LogP contribution is 2.32. The molecule has 7 heteroatoms. The number of nitrogens with zero attached hydrogens (tertiary/aromatic N) is 3. The molecule has 1 atom stereocenters. The molecule has 0 aliphatic carbocycles. The summed E-state index contributed by atoms with van der Waals surface area (Å²) >= 11 is 0. The van der Waals surface area contributed by atoms with Gasteiger partial charge < -0.3 is 19.6 Å². The second-order valence-electron chi connectivity index (χ2n) is 7.62. The molecular weight excluding hydrogens is 358 g/mol. The SMILES string of the molecule is Cc1nc(-c2ccc(C(=O)N3CCCC4(CN(C)C(=O)O4)C3)cc2)ccc1O. The molecule has 3 heterocycles. The zero-order chi connectivity index (χ0) is 19.9. The van der Waals surface area contributed by atoms with Crippen LogP contribution in [-0.4, -0.2) is 64.2 Å². The van der Waals surface area contributed by atoms with E-state index in [2.05, 4.69) is 4.98 Å². The van der Waals surface area contributed by atoms with E-state index in [1.807, 2.05) is 12.1 Å². The van der Waals surface area contributed by atoms with Gasteiger partial charge >= 0.3 is 6.09 Å². The van der Waals surface area contributed by atoms with Crippen molar-refractivity contribution in [3.05, 3.63) is 47.7 Å². The summed E-state index contributed by atoms with van der Waals surface area (Å²) in [7, 11) is 1.72. The van der Waals surface area contributed by atoms with Gasteiger partial charge in [-0.15, -0.1) is 0 Å². The number of benzene rings is 1. The van der Waals surface area contributed by atoms with Crippen molar-refractivity contribution < 1.29 is 19.4 Å². The second-order valence-corrected chi connectivity index (χ2v) is 7.62. The first-order valence-corrected chi connectivity index (χ1v) is 9.37. The molecule has 146 valence electrons. The van der Waals surface area contributed by atoms with Crippen LogP contribution < -0.4 is 0 Å². The molecule has 2 aliphatic heterocycles. The number of hydrogen-bond acceptors (Lipinski definition) is 5. The van der Waals surface area contributed by atoms with Gasteiger partial charge in [0.1, 0.15) is 11.4 Å². The Labute approximate surface area is 163 Å². The average Bonchev–Trinajstić information content (AvgIpc) is 2.96. The molecule has 28 heavy (non-hydrogen) atoms. The van der Waals surface area contributed by atoms with Crippen LogP contribution in [-0.2, 0) is 4.74 Å². The van der Waals surface area contributed by atoms with Gasteiger partial charge in [0.15, 0.2) is 0 Å². The minimum absolute atomic E-state index is 0.0638. The Hall–Kier alpha value is -3.09. The third kappa shape index (κ3) is 3.28. The fourth-order valence-electron chi connectivity index (χ4n) is 3.96. The van der Waals surface area contributed by atoms with E-state index in [1.165, 1.54) is 0 Å². The largest absolute Gasteiger partial charge is 0.506 e. The number of aromatic hydroxyl groups is 1. The van der Waals surface area contributed by atoms with Crippen LogP contribution in [0, 0.1) is 6.92 Å². The molecular formula is C21H23N3O4. The molecule has 2 aliphatic rings. The van der Waals surface area contributed by atoms with Crippen molar-refractivity contribution in [2.45, 2.75) is 25.4 Å². The van der Waals surface area contributed by atoms with Crippen LogP contribution in [0.3, 0.4) is 0 Å². The molecule has 1 spiro atoms. The molecule has 1 N–H and O–H groups in total. The number of rotatable bonds is 2. The Bertz CT molecular complexity index is 928. The van der Waals surface area contributed by atoms with Crippen LogP contribution in [0.1, 0.15) is 28.9 Å². The zero-order valence-electron chi connectivity index (χ0n) is 16.0. The fraction of sp³-hybridized carbons (Fsp3) is 0.381. The summed E-state index contributed by atoms with van der Waals surface area (Å²) in [5.74, 6) is 0.0962. The number of aromatic nitrogens is 1. The molecule has 7 nitrogen and oxygen atoms in total. The number of piperidine rings is 1. The summed E-state index contributed by atoms with van der Waals surface area (Å²) < 4.78 is 5.58. The normalized spacial score (nSPS) is 21.9. The number of likely N-dealkylation sites (tertiary alicyclic amines) is 1. The second kappa shape index (κ2) is 6.82. The fourth-order valence-corrected chi connectivity index (χ4v) is 3.96. The Morgan fingerprint density at radius 1 is 1.18 bits per heavy atom. The number of carbonyl (C=O) groups is 2. The van der Waals surface area contributed by atoms with E-state index in [1.54, 1.807) is 48.0 Å². The summed E-state index contributed by atoms with van der Waals surface area (Å²) in [6, 6.07) is 10.7. The topological polar surface area (TPSA) is 83.0 Å². The van der Waals surface area contributed by atoms with Crippen LogP contribution in [0.4, 0.5) is 4.79 Å². The standard InChI is InChI=1S/C21H23N3O4/c1-14-18(25)9-8-17(22-14)15-4-6-16(7-5-15)19(26)24-11-3-10-21(13-24)12-23(2)20(27)28-21/h4-9,25H,3,10-13H2,1-2H3. The molecule has 2 amide bonds.